The zero-order chi connectivity index (χ0) is 32.1. The van der Waals surface area contributed by atoms with E-state index in [9.17, 15) is 9.59 Å². The second-order valence-corrected chi connectivity index (χ2v) is 13.0. The number of carbonyl (C=O) groups is 3. The van der Waals surface area contributed by atoms with Crippen molar-refractivity contribution in [2.75, 3.05) is 10.2 Å². The van der Waals surface area contributed by atoms with Crippen LogP contribution in [0.25, 0.3) is 6.08 Å². The van der Waals surface area contributed by atoms with Crippen molar-refractivity contribution >= 4 is 51.0 Å². The molecule has 3 aliphatic heterocycles. The summed E-state index contributed by atoms with van der Waals surface area (Å²) in [4.78, 5) is 46.7. The highest BCUT2D eigenvalue weighted by molar-refractivity contribution is 9.10. The first-order valence-corrected chi connectivity index (χ1v) is 16.3. The van der Waals surface area contributed by atoms with Crippen molar-refractivity contribution < 1.29 is 19.1 Å². The number of hydrogen-bond acceptors (Lipinski definition) is 5. The average Bonchev–Trinajstić information content (AvgIpc) is 3.60. The minimum atomic E-state index is -1.45. The SMILES string of the molecule is O=C(c1ccc(Br)cc1)[C@@H]1[C@H](C(=O)OC(c2ccccc2)c2ccccc2)[C@]2(C(=O)Nc3ccccc32)[C@@H]2C=Cc3ccccc3N12. The molecule has 1 N–H and O–H groups in total. The quantitative estimate of drug-likeness (QED) is 0.147. The van der Waals surface area contributed by atoms with Gasteiger partial charge in [0.1, 0.15) is 17.4 Å². The Morgan fingerprint density at radius 2 is 1.38 bits per heavy atom. The lowest BCUT2D eigenvalue weighted by Crippen LogP contribution is -2.51. The summed E-state index contributed by atoms with van der Waals surface area (Å²) >= 11 is 3.48. The number of fused-ring (bicyclic) bond motifs is 6. The van der Waals surface area contributed by atoms with Gasteiger partial charge in [0.2, 0.25) is 5.91 Å². The van der Waals surface area contributed by atoms with Gasteiger partial charge < -0.3 is 15.0 Å². The third-order valence-electron chi connectivity index (χ3n) is 9.63. The van der Waals surface area contributed by atoms with Gasteiger partial charge in [-0.15, -0.1) is 0 Å². The minimum absolute atomic E-state index is 0.264. The van der Waals surface area contributed by atoms with E-state index in [1.54, 1.807) is 12.1 Å². The van der Waals surface area contributed by atoms with E-state index in [1.165, 1.54) is 0 Å². The van der Waals surface area contributed by atoms with Crippen molar-refractivity contribution in [2.24, 2.45) is 5.92 Å². The van der Waals surface area contributed by atoms with Gasteiger partial charge in [-0.05, 0) is 46.5 Å². The molecule has 7 heteroatoms. The summed E-state index contributed by atoms with van der Waals surface area (Å²) in [5.41, 5.74) is 3.54. The maximum absolute atomic E-state index is 15.2. The smallest absolute Gasteiger partial charge is 0.314 e. The Kier molecular flexibility index (Phi) is 7.14. The molecule has 6 nitrogen and oxygen atoms in total. The number of halogens is 1. The normalized spacial score (nSPS) is 22.0. The summed E-state index contributed by atoms with van der Waals surface area (Å²) in [5, 5.41) is 3.07. The molecular formula is C40H29BrN2O4. The fraction of sp³-hybridized carbons (Fsp3) is 0.125. The lowest BCUT2D eigenvalue weighted by atomic mass is 9.66. The number of anilines is 2. The number of ketones is 1. The summed E-state index contributed by atoms with van der Waals surface area (Å²) in [6, 6.07) is 39.8. The maximum Gasteiger partial charge on any atom is 0.314 e. The van der Waals surface area contributed by atoms with E-state index in [0.717, 1.165) is 26.9 Å². The van der Waals surface area contributed by atoms with Gasteiger partial charge in [-0.1, -0.05) is 137 Å². The van der Waals surface area contributed by atoms with E-state index in [-0.39, 0.29) is 11.7 Å². The Morgan fingerprint density at radius 1 is 0.766 bits per heavy atom. The molecule has 0 aliphatic carbocycles. The Morgan fingerprint density at radius 3 is 2.09 bits per heavy atom. The summed E-state index contributed by atoms with van der Waals surface area (Å²) in [7, 11) is 0. The van der Waals surface area contributed by atoms with Crippen LogP contribution in [0.4, 0.5) is 11.4 Å². The zero-order valence-corrected chi connectivity index (χ0v) is 26.7. The van der Waals surface area contributed by atoms with Gasteiger partial charge in [0.05, 0.1) is 6.04 Å². The molecule has 5 aromatic rings. The number of nitrogens with one attached hydrogen (secondary N) is 1. The van der Waals surface area contributed by atoms with Crippen LogP contribution in [0.15, 0.2) is 144 Å². The molecule has 0 bridgehead atoms. The van der Waals surface area contributed by atoms with Gasteiger partial charge >= 0.3 is 5.97 Å². The Hall–Kier alpha value is -5.27. The molecule has 1 spiro atoms. The van der Waals surface area contributed by atoms with Crippen LogP contribution in [0, 0.1) is 5.92 Å². The number of amides is 1. The molecule has 0 unspecified atom stereocenters. The summed E-state index contributed by atoms with van der Waals surface area (Å²) in [5.74, 6) is -2.41. The predicted octanol–water partition coefficient (Wildman–Crippen LogP) is 7.76. The first-order valence-electron chi connectivity index (χ1n) is 15.5. The zero-order valence-electron chi connectivity index (χ0n) is 25.1. The van der Waals surface area contributed by atoms with E-state index in [4.69, 9.17) is 4.74 Å². The molecule has 3 heterocycles. The first kappa shape index (κ1) is 29.2. The minimum Gasteiger partial charge on any atom is -0.452 e. The third-order valence-corrected chi connectivity index (χ3v) is 10.2. The van der Waals surface area contributed by atoms with Gasteiger partial charge in [-0.25, -0.2) is 0 Å². The van der Waals surface area contributed by atoms with Crippen LogP contribution >= 0.6 is 15.9 Å². The molecule has 1 amide bonds. The molecule has 3 aliphatic rings. The average molecular weight is 682 g/mol. The number of rotatable bonds is 6. The Bertz CT molecular complexity index is 2010. The van der Waals surface area contributed by atoms with Crippen molar-refractivity contribution in [2.45, 2.75) is 23.6 Å². The standard InChI is InChI=1S/C40H29BrN2O4/c41-29-22-19-26(20-23-29)36(44)35-34(38(45)47-37(27-12-3-1-4-13-27)28-14-5-2-6-15-28)40(30-16-8-9-17-31(30)42-39(40)46)33-24-21-25-11-7-10-18-32(25)43(33)35/h1-24,33-35,37H,(H,42,46)/t33-,34+,35-,40+/m0/s1. The molecule has 47 heavy (non-hydrogen) atoms. The fourth-order valence-corrected chi connectivity index (χ4v) is 7.91. The summed E-state index contributed by atoms with van der Waals surface area (Å²) in [6.07, 6.45) is 3.19. The number of nitrogens with zero attached hydrogens (tertiary/aromatic N) is 1. The summed E-state index contributed by atoms with van der Waals surface area (Å²) in [6.45, 7) is 0. The molecule has 0 radical (unpaired) electrons. The van der Waals surface area contributed by atoms with Gasteiger partial charge in [0.15, 0.2) is 11.9 Å². The van der Waals surface area contributed by atoms with Crippen LogP contribution in [-0.4, -0.2) is 29.7 Å². The number of Topliss-reactive ketones (excluding diaryl/α,β-unsaturated/α-hetero) is 1. The van der Waals surface area contributed by atoms with Crippen molar-refractivity contribution in [1.29, 1.82) is 0 Å². The van der Waals surface area contributed by atoms with E-state index in [1.807, 2.05) is 138 Å². The van der Waals surface area contributed by atoms with Crippen LogP contribution in [0.3, 0.4) is 0 Å². The van der Waals surface area contributed by atoms with Gasteiger partial charge in [0, 0.05) is 21.4 Å². The number of para-hydroxylation sites is 2. The molecular weight excluding hydrogens is 652 g/mol. The number of esters is 1. The molecule has 1 fully saturated rings. The van der Waals surface area contributed by atoms with Crippen molar-refractivity contribution in [3.63, 3.8) is 0 Å². The third kappa shape index (κ3) is 4.56. The molecule has 230 valence electrons. The predicted molar refractivity (Wildman–Crippen MR) is 185 cm³/mol. The first-order chi connectivity index (χ1) is 23.0. The molecule has 1 saturated heterocycles. The topological polar surface area (TPSA) is 75.7 Å². The van der Waals surface area contributed by atoms with Crippen LogP contribution in [0.1, 0.15) is 38.7 Å². The van der Waals surface area contributed by atoms with Gasteiger partial charge in [-0.2, -0.15) is 0 Å². The van der Waals surface area contributed by atoms with E-state index in [2.05, 4.69) is 21.2 Å². The summed E-state index contributed by atoms with van der Waals surface area (Å²) < 4.78 is 7.39. The van der Waals surface area contributed by atoms with Crippen LogP contribution in [-0.2, 0) is 19.7 Å². The number of benzene rings is 5. The van der Waals surface area contributed by atoms with Crippen molar-refractivity contribution in [3.05, 3.63) is 172 Å². The second kappa shape index (κ2) is 11.5. The number of hydrogen-bond donors (Lipinski definition) is 1. The van der Waals surface area contributed by atoms with Crippen molar-refractivity contribution in [1.82, 2.24) is 0 Å². The lowest BCUT2D eigenvalue weighted by molar-refractivity contribution is -0.156. The van der Waals surface area contributed by atoms with E-state index in [0.29, 0.717) is 16.8 Å². The van der Waals surface area contributed by atoms with Crippen molar-refractivity contribution in [3.8, 4) is 0 Å². The highest BCUT2D eigenvalue weighted by atomic mass is 79.9. The van der Waals surface area contributed by atoms with E-state index >= 15 is 4.79 Å². The molecule has 0 saturated carbocycles. The van der Waals surface area contributed by atoms with Gasteiger partial charge in [0.25, 0.3) is 0 Å². The highest BCUT2D eigenvalue weighted by Gasteiger charge is 2.71. The fourth-order valence-electron chi connectivity index (χ4n) is 7.64. The maximum atomic E-state index is 15.2. The van der Waals surface area contributed by atoms with Crippen LogP contribution in [0.5, 0.6) is 0 Å². The largest absolute Gasteiger partial charge is 0.452 e. The lowest BCUT2D eigenvalue weighted by Gasteiger charge is -2.37. The molecule has 0 aromatic heterocycles. The highest BCUT2D eigenvalue weighted by Crippen LogP contribution is 2.58. The number of ether oxygens (including phenoxy) is 1. The number of carbonyl (C=O) groups excluding carboxylic acids is 3. The second-order valence-electron chi connectivity index (χ2n) is 12.1. The van der Waals surface area contributed by atoms with Gasteiger partial charge in [-0.3, -0.25) is 14.4 Å². The Balaban J connectivity index is 1.36. The van der Waals surface area contributed by atoms with E-state index < -0.39 is 35.5 Å². The molecule has 5 aromatic carbocycles. The van der Waals surface area contributed by atoms with Crippen LogP contribution < -0.4 is 10.2 Å². The molecule has 4 atom stereocenters. The Labute approximate surface area is 280 Å². The van der Waals surface area contributed by atoms with Crippen LogP contribution in [0.2, 0.25) is 0 Å². The monoisotopic (exact) mass is 680 g/mol. The molecule has 8 rings (SSSR count).